The van der Waals surface area contributed by atoms with Gasteiger partial charge in [-0.15, -0.1) is 0 Å². The second-order valence-electron chi connectivity index (χ2n) is 8.45. The summed E-state index contributed by atoms with van der Waals surface area (Å²) in [4.78, 5) is 12.5. The minimum absolute atomic E-state index is 0.0275. The molecular formula is C27H24Cl2N2O. The van der Waals surface area contributed by atoms with Gasteiger partial charge in [-0.2, -0.15) is 0 Å². The average molecular weight is 463 g/mol. The Bertz CT molecular complexity index is 1180. The van der Waals surface area contributed by atoms with Crippen LogP contribution in [0.15, 0.2) is 78.9 Å². The summed E-state index contributed by atoms with van der Waals surface area (Å²) in [6, 6.07) is 22.1. The highest BCUT2D eigenvalue weighted by Gasteiger charge is 2.38. The number of hydrogen-bond acceptors (Lipinski definition) is 2. The predicted molar refractivity (Wildman–Crippen MR) is 133 cm³/mol. The Morgan fingerprint density at radius 1 is 1.00 bits per heavy atom. The SMILES string of the molecule is O=C(CCc1ccccc1)Nc1ccc2c(c1)C1C=CCC1C(c1cccc(Cl)c1Cl)N2. The maximum atomic E-state index is 12.5. The molecule has 5 heteroatoms. The molecule has 2 N–H and O–H groups in total. The van der Waals surface area contributed by atoms with Gasteiger partial charge in [0.1, 0.15) is 0 Å². The van der Waals surface area contributed by atoms with Crippen molar-refractivity contribution < 1.29 is 4.79 Å². The highest BCUT2D eigenvalue weighted by atomic mass is 35.5. The Morgan fingerprint density at radius 2 is 1.84 bits per heavy atom. The van der Waals surface area contributed by atoms with Gasteiger partial charge < -0.3 is 10.6 Å². The van der Waals surface area contributed by atoms with Crippen LogP contribution in [0.1, 0.15) is 41.5 Å². The number of hydrogen-bond donors (Lipinski definition) is 2. The van der Waals surface area contributed by atoms with Crippen molar-refractivity contribution in [3.63, 3.8) is 0 Å². The zero-order valence-electron chi connectivity index (χ0n) is 17.5. The van der Waals surface area contributed by atoms with Crippen LogP contribution < -0.4 is 10.6 Å². The van der Waals surface area contributed by atoms with Crippen LogP contribution in [0, 0.1) is 5.92 Å². The maximum absolute atomic E-state index is 12.5. The fourth-order valence-electron chi connectivity index (χ4n) is 4.87. The number of benzene rings is 3. The van der Waals surface area contributed by atoms with Gasteiger partial charge in [0.2, 0.25) is 5.91 Å². The van der Waals surface area contributed by atoms with Crippen LogP contribution in [0.5, 0.6) is 0 Å². The largest absolute Gasteiger partial charge is 0.378 e. The van der Waals surface area contributed by atoms with Gasteiger partial charge in [-0.05, 0) is 59.7 Å². The Morgan fingerprint density at radius 3 is 2.69 bits per heavy atom. The zero-order valence-corrected chi connectivity index (χ0v) is 19.0. The molecule has 0 bridgehead atoms. The fraction of sp³-hybridized carbons (Fsp3) is 0.222. The third-order valence-corrected chi connectivity index (χ3v) is 7.28. The van der Waals surface area contributed by atoms with Crippen molar-refractivity contribution in [3.8, 4) is 0 Å². The first-order valence-corrected chi connectivity index (χ1v) is 11.7. The Labute approximate surface area is 198 Å². The minimum Gasteiger partial charge on any atom is -0.378 e. The van der Waals surface area contributed by atoms with Gasteiger partial charge in [0.15, 0.2) is 0 Å². The molecule has 1 aliphatic heterocycles. The van der Waals surface area contributed by atoms with E-state index in [1.807, 2.05) is 54.6 Å². The van der Waals surface area contributed by atoms with E-state index < -0.39 is 0 Å². The van der Waals surface area contributed by atoms with Gasteiger partial charge in [0.05, 0.1) is 16.1 Å². The summed E-state index contributed by atoms with van der Waals surface area (Å²) in [5.41, 5.74) is 5.31. The van der Waals surface area contributed by atoms with E-state index in [0.29, 0.717) is 22.4 Å². The van der Waals surface area contributed by atoms with Crippen LogP contribution in [0.4, 0.5) is 11.4 Å². The third kappa shape index (κ3) is 4.15. The number of rotatable bonds is 5. The van der Waals surface area contributed by atoms with Crippen molar-refractivity contribution in [2.24, 2.45) is 5.92 Å². The minimum atomic E-state index is 0.0275. The molecular weight excluding hydrogens is 439 g/mol. The Kier molecular flexibility index (Phi) is 5.95. The molecule has 1 aliphatic carbocycles. The van der Waals surface area contributed by atoms with Gasteiger partial charge in [0.25, 0.3) is 0 Å². The van der Waals surface area contributed by atoms with Crippen LogP contribution in [0.25, 0.3) is 0 Å². The van der Waals surface area contributed by atoms with Crippen LogP contribution in [-0.2, 0) is 11.2 Å². The first-order chi connectivity index (χ1) is 15.6. The molecule has 1 amide bonds. The van der Waals surface area contributed by atoms with Gasteiger partial charge in [-0.25, -0.2) is 0 Å². The van der Waals surface area contributed by atoms with Crippen molar-refractivity contribution in [3.05, 3.63) is 106 Å². The molecule has 0 spiro atoms. The van der Waals surface area contributed by atoms with E-state index >= 15 is 0 Å². The van der Waals surface area contributed by atoms with E-state index in [2.05, 4.69) is 34.9 Å². The highest BCUT2D eigenvalue weighted by molar-refractivity contribution is 6.42. The lowest BCUT2D eigenvalue weighted by Gasteiger charge is -2.38. The number of halogens is 2. The van der Waals surface area contributed by atoms with E-state index in [9.17, 15) is 4.79 Å². The van der Waals surface area contributed by atoms with Gasteiger partial charge in [-0.3, -0.25) is 4.79 Å². The summed E-state index contributed by atoms with van der Waals surface area (Å²) >= 11 is 12.9. The molecule has 0 fully saturated rings. The zero-order chi connectivity index (χ0) is 22.1. The first kappa shape index (κ1) is 21.1. The molecule has 3 nitrogen and oxygen atoms in total. The molecule has 32 heavy (non-hydrogen) atoms. The molecule has 5 rings (SSSR count). The van der Waals surface area contributed by atoms with Crippen molar-refractivity contribution in [2.45, 2.75) is 31.2 Å². The van der Waals surface area contributed by atoms with Crippen LogP contribution in [-0.4, -0.2) is 5.91 Å². The summed E-state index contributed by atoms with van der Waals surface area (Å²) in [5.74, 6) is 0.648. The normalized spacial score (nSPS) is 20.9. The lowest BCUT2D eigenvalue weighted by Crippen LogP contribution is -2.29. The number of nitrogens with one attached hydrogen (secondary N) is 2. The van der Waals surface area contributed by atoms with E-state index in [-0.39, 0.29) is 17.9 Å². The Hall–Kier alpha value is -2.75. The second-order valence-corrected chi connectivity index (χ2v) is 9.24. The summed E-state index contributed by atoms with van der Waals surface area (Å²) < 4.78 is 0. The second kappa shape index (κ2) is 9.01. The average Bonchev–Trinajstić information content (AvgIpc) is 3.30. The Balaban J connectivity index is 1.35. The lowest BCUT2D eigenvalue weighted by molar-refractivity contribution is -0.116. The molecule has 3 atom stereocenters. The smallest absolute Gasteiger partial charge is 0.224 e. The number of allylic oxidation sites excluding steroid dienone is 2. The molecule has 3 aromatic rings. The van der Waals surface area contributed by atoms with Crippen LogP contribution >= 0.6 is 23.2 Å². The number of fused-ring (bicyclic) bond motifs is 3. The van der Waals surface area contributed by atoms with Crippen LogP contribution in [0.3, 0.4) is 0 Å². The van der Waals surface area contributed by atoms with E-state index in [4.69, 9.17) is 23.2 Å². The number of carbonyl (C=O) groups is 1. The molecule has 3 unspecified atom stereocenters. The van der Waals surface area contributed by atoms with Gasteiger partial charge in [-0.1, -0.05) is 77.8 Å². The quantitative estimate of drug-likeness (QED) is 0.388. The topological polar surface area (TPSA) is 41.1 Å². The molecule has 3 aromatic carbocycles. The first-order valence-electron chi connectivity index (χ1n) is 10.9. The molecule has 0 aromatic heterocycles. The summed E-state index contributed by atoms with van der Waals surface area (Å²) in [7, 11) is 0. The lowest BCUT2D eigenvalue weighted by atomic mass is 9.77. The van der Waals surface area contributed by atoms with Crippen molar-refractivity contribution in [2.75, 3.05) is 10.6 Å². The van der Waals surface area contributed by atoms with Gasteiger partial charge >= 0.3 is 0 Å². The number of carbonyl (C=O) groups excluding carboxylic acids is 1. The van der Waals surface area contributed by atoms with Crippen molar-refractivity contribution in [1.29, 1.82) is 0 Å². The van der Waals surface area contributed by atoms with Gasteiger partial charge in [0, 0.05) is 23.7 Å². The molecule has 162 valence electrons. The van der Waals surface area contributed by atoms with Crippen molar-refractivity contribution >= 4 is 40.5 Å². The van der Waals surface area contributed by atoms with Crippen LogP contribution in [0.2, 0.25) is 10.0 Å². The summed E-state index contributed by atoms with van der Waals surface area (Å²) in [6.07, 6.45) is 6.67. The predicted octanol–water partition coefficient (Wildman–Crippen LogP) is 7.39. The van der Waals surface area contributed by atoms with E-state index in [1.165, 1.54) is 11.1 Å². The highest BCUT2D eigenvalue weighted by Crippen LogP contribution is 2.51. The molecule has 1 heterocycles. The van der Waals surface area contributed by atoms with Crippen molar-refractivity contribution in [1.82, 2.24) is 0 Å². The monoisotopic (exact) mass is 462 g/mol. The number of amides is 1. The molecule has 0 radical (unpaired) electrons. The number of aryl methyl sites for hydroxylation is 1. The standard InChI is InChI=1S/C27H24Cl2N2O/c28-23-11-5-10-21(26(23)29)27-20-9-4-8-19(20)22-16-18(13-14-24(22)31-27)30-25(32)15-12-17-6-2-1-3-7-17/h1-8,10-11,13-14,16,19-20,27,31H,9,12,15H2,(H,30,32). The van der Waals surface area contributed by atoms with E-state index in [0.717, 1.165) is 29.8 Å². The number of anilines is 2. The molecule has 0 saturated heterocycles. The van der Waals surface area contributed by atoms with E-state index in [1.54, 1.807) is 0 Å². The fourth-order valence-corrected chi connectivity index (χ4v) is 5.29. The third-order valence-electron chi connectivity index (χ3n) is 6.45. The maximum Gasteiger partial charge on any atom is 0.224 e. The summed E-state index contributed by atoms with van der Waals surface area (Å²) in [6.45, 7) is 0. The molecule has 2 aliphatic rings. The molecule has 0 saturated carbocycles. The summed E-state index contributed by atoms with van der Waals surface area (Å²) in [5, 5.41) is 7.95.